The first kappa shape index (κ1) is 18.4. The predicted octanol–water partition coefficient (Wildman–Crippen LogP) is 2.99. The van der Waals surface area contributed by atoms with Gasteiger partial charge in [-0.2, -0.15) is 0 Å². The zero-order chi connectivity index (χ0) is 15.6. The Hall–Kier alpha value is -1.58. The van der Waals surface area contributed by atoms with Crippen molar-refractivity contribution in [3.05, 3.63) is 25.3 Å². The molecule has 0 aromatic rings. The molecule has 1 N–H and O–H groups in total. The van der Waals surface area contributed by atoms with Crippen molar-refractivity contribution in [2.75, 3.05) is 6.54 Å². The van der Waals surface area contributed by atoms with Crippen LogP contribution in [0, 0.1) is 5.41 Å². The highest BCUT2D eigenvalue weighted by Crippen LogP contribution is 2.35. The van der Waals surface area contributed by atoms with Crippen molar-refractivity contribution in [2.45, 2.75) is 52.1 Å². The number of carbonyl (C=O) groups is 2. The van der Waals surface area contributed by atoms with Crippen LogP contribution in [0.1, 0.15) is 46.5 Å². The number of hydrogen-bond donors (Lipinski definition) is 1. The maximum atomic E-state index is 11.7. The Kier molecular flexibility index (Phi) is 7.89. The summed E-state index contributed by atoms with van der Waals surface area (Å²) in [6, 6.07) is 0. The lowest BCUT2D eigenvalue weighted by Crippen LogP contribution is -2.45. The van der Waals surface area contributed by atoms with E-state index in [1.54, 1.807) is 0 Å². The largest absolute Gasteiger partial charge is 0.462 e. The molecule has 1 amide bonds. The quantitative estimate of drug-likeness (QED) is 0.622. The van der Waals surface area contributed by atoms with Crippen LogP contribution in [0.4, 0.5) is 0 Å². The molecule has 0 radical (unpaired) electrons. The van der Waals surface area contributed by atoms with Gasteiger partial charge in [-0.05, 0) is 46.5 Å². The lowest BCUT2D eigenvalue weighted by Gasteiger charge is -2.34. The van der Waals surface area contributed by atoms with E-state index in [4.69, 9.17) is 0 Å². The normalized spacial score (nSPS) is 17.1. The van der Waals surface area contributed by atoms with Crippen LogP contribution in [0.3, 0.4) is 0 Å². The molecular weight excluding hydrogens is 254 g/mol. The summed E-state index contributed by atoms with van der Waals surface area (Å²) in [4.78, 5) is 21.3. The molecule has 0 aromatic heterocycles. The van der Waals surface area contributed by atoms with Gasteiger partial charge in [0.15, 0.2) is 0 Å². The zero-order valence-electron chi connectivity index (χ0n) is 12.9. The van der Waals surface area contributed by atoms with Crippen LogP contribution >= 0.6 is 0 Å². The van der Waals surface area contributed by atoms with E-state index in [1.807, 2.05) is 32.9 Å². The Morgan fingerprint density at radius 1 is 1.30 bits per heavy atom. The molecule has 0 saturated carbocycles. The molecule has 0 spiro atoms. The molecule has 0 atom stereocenters. The fourth-order valence-electron chi connectivity index (χ4n) is 2.10. The summed E-state index contributed by atoms with van der Waals surface area (Å²) in [5.74, 6) is 0.165. The topological polar surface area (TPSA) is 55.4 Å². The van der Waals surface area contributed by atoms with Crippen LogP contribution < -0.4 is 5.32 Å². The third kappa shape index (κ3) is 6.55. The first-order valence-electron chi connectivity index (χ1n) is 6.93. The number of nitrogens with one attached hydrogen (secondary N) is 1. The minimum atomic E-state index is -0.318. The van der Waals surface area contributed by atoms with Crippen LogP contribution in [0.15, 0.2) is 25.3 Å². The van der Waals surface area contributed by atoms with E-state index in [-0.39, 0.29) is 16.9 Å². The minimum Gasteiger partial charge on any atom is -0.462 e. The molecule has 1 rings (SSSR count). The van der Waals surface area contributed by atoms with E-state index < -0.39 is 0 Å². The summed E-state index contributed by atoms with van der Waals surface area (Å²) < 4.78 is 4.55. The third-order valence-corrected chi connectivity index (χ3v) is 3.07. The summed E-state index contributed by atoms with van der Waals surface area (Å²) in [5, 5.41) is 2.91. The Bertz CT molecular complexity index is 332. The van der Waals surface area contributed by atoms with Gasteiger partial charge in [-0.25, -0.2) is 0 Å². The van der Waals surface area contributed by atoms with Crippen molar-refractivity contribution in [1.29, 1.82) is 0 Å². The van der Waals surface area contributed by atoms with Crippen LogP contribution in [-0.4, -0.2) is 24.5 Å². The highest BCUT2D eigenvalue weighted by molar-refractivity contribution is 5.83. The van der Waals surface area contributed by atoms with Gasteiger partial charge in [-0.3, -0.25) is 9.59 Å². The van der Waals surface area contributed by atoms with Gasteiger partial charge in [-0.15, -0.1) is 13.2 Å². The smallest absolute Gasteiger partial charge is 0.293 e. The number of rotatable bonds is 5. The van der Waals surface area contributed by atoms with E-state index >= 15 is 0 Å². The lowest BCUT2D eigenvalue weighted by molar-refractivity contribution is -0.138. The van der Waals surface area contributed by atoms with Crippen molar-refractivity contribution < 1.29 is 14.3 Å². The average molecular weight is 281 g/mol. The van der Waals surface area contributed by atoms with Gasteiger partial charge in [0, 0.05) is 6.54 Å². The number of carbonyl (C=O) groups excluding carboxylic acids is 2. The van der Waals surface area contributed by atoms with Crippen LogP contribution in [0.25, 0.3) is 0 Å². The summed E-state index contributed by atoms with van der Waals surface area (Å²) in [6.07, 6.45) is 7.18. The van der Waals surface area contributed by atoms with Crippen molar-refractivity contribution >= 4 is 12.4 Å². The van der Waals surface area contributed by atoms with Crippen molar-refractivity contribution in [1.82, 2.24) is 5.32 Å². The third-order valence-electron chi connectivity index (χ3n) is 3.07. The van der Waals surface area contributed by atoms with Crippen molar-refractivity contribution in [3.8, 4) is 0 Å². The maximum absolute atomic E-state index is 11.7. The fraction of sp³-hybridized carbons (Fsp3) is 0.625. The van der Waals surface area contributed by atoms with E-state index in [2.05, 4.69) is 23.2 Å². The Morgan fingerprint density at radius 3 is 2.15 bits per heavy atom. The van der Waals surface area contributed by atoms with Gasteiger partial charge in [0.1, 0.15) is 5.60 Å². The van der Waals surface area contributed by atoms with Gasteiger partial charge in [0.25, 0.3) is 6.47 Å². The zero-order valence-corrected chi connectivity index (χ0v) is 12.9. The van der Waals surface area contributed by atoms with Gasteiger partial charge < -0.3 is 10.1 Å². The molecule has 1 saturated heterocycles. The van der Waals surface area contributed by atoms with Gasteiger partial charge >= 0.3 is 0 Å². The Balaban J connectivity index is 0.000000441. The van der Waals surface area contributed by atoms with Crippen LogP contribution in [0.5, 0.6) is 0 Å². The number of hydrogen-bond acceptors (Lipinski definition) is 3. The Labute approximate surface area is 122 Å². The molecule has 1 fully saturated rings. The number of ether oxygens (including phenoxy) is 1. The minimum absolute atomic E-state index is 0.165. The average Bonchev–Trinajstić information content (AvgIpc) is 2.33. The molecule has 4 nitrogen and oxygen atoms in total. The standard InChI is InChI=1S/C11H17NO.C5H10O2/c1-3-6-11(7-4-2)8-5-9-12-10(11)13;1-5(2,3)7-4-6/h3-4H,1-2,5-9H2,(H,12,13);4H,1-3H3. The van der Waals surface area contributed by atoms with Crippen LogP contribution in [0.2, 0.25) is 0 Å². The SMILES string of the molecule is C=CCC1(CC=C)CCCNC1=O.CC(C)(C)OC=O. The van der Waals surface area contributed by atoms with Gasteiger partial charge in [0.05, 0.1) is 5.41 Å². The molecule has 0 aliphatic carbocycles. The fourth-order valence-corrected chi connectivity index (χ4v) is 2.10. The molecule has 20 heavy (non-hydrogen) atoms. The number of allylic oxidation sites excluding steroid dienone is 2. The first-order valence-corrected chi connectivity index (χ1v) is 6.93. The highest BCUT2D eigenvalue weighted by atomic mass is 16.5. The number of piperidine rings is 1. The Morgan fingerprint density at radius 2 is 1.85 bits per heavy atom. The first-order chi connectivity index (χ1) is 9.31. The summed E-state index contributed by atoms with van der Waals surface area (Å²) in [7, 11) is 0. The molecule has 0 bridgehead atoms. The monoisotopic (exact) mass is 281 g/mol. The van der Waals surface area contributed by atoms with Gasteiger partial charge in [-0.1, -0.05) is 12.2 Å². The molecule has 114 valence electrons. The summed E-state index contributed by atoms with van der Waals surface area (Å²) in [6.45, 7) is 14.1. The molecule has 0 aromatic carbocycles. The maximum Gasteiger partial charge on any atom is 0.293 e. The number of amides is 1. The second-order valence-electron chi connectivity index (χ2n) is 5.95. The van der Waals surface area contributed by atoms with E-state index in [9.17, 15) is 9.59 Å². The predicted molar refractivity (Wildman–Crippen MR) is 81.2 cm³/mol. The second-order valence-corrected chi connectivity index (χ2v) is 5.95. The van der Waals surface area contributed by atoms with E-state index in [0.717, 1.165) is 32.2 Å². The summed E-state index contributed by atoms with van der Waals surface area (Å²) in [5.41, 5.74) is -0.566. The highest BCUT2D eigenvalue weighted by Gasteiger charge is 2.37. The molecule has 4 heteroatoms. The van der Waals surface area contributed by atoms with E-state index in [0.29, 0.717) is 6.47 Å². The molecule has 1 aliphatic heterocycles. The molecule has 1 aliphatic rings. The molecule has 0 unspecified atom stereocenters. The van der Waals surface area contributed by atoms with Crippen molar-refractivity contribution in [3.63, 3.8) is 0 Å². The lowest BCUT2D eigenvalue weighted by atomic mass is 9.74. The molecular formula is C16H27NO3. The van der Waals surface area contributed by atoms with Crippen molar-refractivity contribution in [2.24, 2.45) is 5.41 Å². The van der Waals surface area contributed by atoms with Gasteiger partial charge in [0.2, 0.25) is 5.91 Å². The second kappa shape index (κ2) is 8.56. The van der Waals surface area contributed by atoms with Crippen LogP contribution in [-0.2, 0) is 14.3 Å². The summed E-state index contributed by atoms with van der Waals surface area (Å²) >= 11 is 0. The van der Waals surface area contributed by atoms with E-state index in [1.165, 1.54) is 0 Å². The molecule has 1 heterocycles.